The topological polar surface area (TPSA) is 188 Å². The molecule has 0 aliphatic heterocycles. The molecular weight excluding hydrogens is 651 g/mol. The Morgan fingerprint density at radius 2 is 1.98 bits per heavy atom. The van der Waals surface area contributed by atoms with E-state index in [1.807, 2.05) is 6.92 Å². The number of nitrogens with zero attached hydrogens (tertiary/aromatic N) is 6. The van der Waals surface area contributed by atoms with Crippen LogP contribution in [0, 0.1) is 6.92 Å². The average molecular weight is 680 g/mol. The number of aromatic nitrogens is 5. The third kappa shape index (κ3) is 5.90. The molecule has 0 saturated carbocycles. The average Bonchev–Trinajstić information content (AvgIpc) is 3.37. The van der Waals surface area contributed by atoms with Gasteiger partial charge in [-0.2, -0.15) is 13.2 Å². The number of nitrogens with two attached hydrogens (primary N) is 3. The van der Waals surface area contributed by atoms with Gasteiger partial charge in [-0.15, -0.1) is 10.2 Å². The molecule has 0 bridgehead atoms. The summed E-state index contributed by atoms with van der Waals surface area (Å²) >= 11 is -2.07. The summed E-state index contributed by atoms with van der Waals surface area (Å²) in [6.07, 6.45) is -3.63. The van der Waals surface area contributed by atoms with E-state index in [4.69, 9.17) is 21.8 Å². The Kier molecular flexibility index (Phi) is 9.40. The minimum atomic E-state index is -5.06. The van der Waals surface area contributed by atoms with Gasteiger partial charge < -0.3 is 20.4 Å². The van der Waals surface area contributed by atoms with Crippen LogP contribution in [0.5, 0.6) is 0 Å². The smallest absolute Gasteiger partial charge is 0.424 e. The summed E-state index contributed by atoms with van der Waals surface area (Å²) in [6.45, 7) is 4.38. The Morgan fingerprint density at radius 1 is 1.27 bits per heavy atom. The molecular formula is C23H29F4IN10O2. The normalized spacial score (nSPS) is 15.6. The molecule has 0 radical (unpaired) electrons. The maximum Gasteiger partial charge on any atom is 0.431 e. The second-order valence-electron chi connectivity index (χ2n) is 8.94. The molecule has 3 aromatic heterocycles. The lowest BCUT2D eigenvalue weighted by Gasteiger charge is -2.28. The van der Waals surface area contributed by atoms with Crippen molar-refractivity contribution in [3.8, 4) is 0 Å². The molecule has 0 aliphatic rings. The number of aryl methyl sites for hydroxylation is 1. The van der Waals surface area contributed by atoms with E-state index in [9.17, 15) is 22.4 Å². The van der Waals surface area contributed by atoms with Crippen molar-refractivity contribution in [3.63, 3.8) is 0 Å². The van der Waals surface area contributed by atoms with Crippen molar-refractivity contribution in [1.82, 2.24) is 25.1 Å². The number of hydrogen-bond donors (Lipinski definition) is 4. The quantitative estimate of drug-likeness (QED) is 0.0547. The Balaban J connectivity index is 2.05. The van der Waals surface area contributed by atoms with E-state index in [0.717, 1.165) is 5.01 Å². The molecule has 0 fully saturated rings. The highest BCUT2D eigenvalue weighted by molar-refractivity contribution is 14.2. The SMILES string of the molecule is C=I[C@](F)(CCN(N)c1ncccc1C(CC)c1nc(N)c(C(C)(C=O)c2nnc(C)o2)c(NN)n1)C(F)(F)F. The van der Waals surface area contributed by atoms with Gasteiger partial charge in [0.2, 0.25) is 11.8 Å². The summed E-state index contributed by atoms with van der Waals surface area (Å²) in [5, 5.41) is 8.66. The predicted molar refractivity (Wildman–Crippen MR) is 149 cm³/mol. The molecule has 0 aliphatic carbocycles. The highest BCUT2D eigenvalue weighted by atomic mass is 127. The number of aldehydes is 1. The first-order valence-electron chi connectivity index (χ1n) is 11.8. The molecule has 3 heterocycles. The summed E-state index contributed by atoms with van der Waals surface area (Å²) in [7, 11) is 0. The fourth-order valence-electron chi connectivity index (χ4n) is 4.11. The third-order valence-corrected chi connectivity index (χ3v) is 8.65. The first-order chi connectivity index (χ1) is 18.8. The molecule has 0 spiro atoms. The minimum absolute atomic E-state index is 0.00760. The molecule has 17 heteroatoms. The number of hydrazine groups is 2. The van der Waals surface area contributed by atoms with Crippen molar-refractivity contribution < 1.29 is 26.8 Å². The molecule has 2 unspecified atom stereocenters. The Morgan fingerprint density at radius 3 is 2.50 bits per heavy atom. The highest BCUT2D eigenvalue weighted by Gasteiger charge is 2.54. The van der Waals surface area contributed by atoms with Gasteiger partial charge in [0.1, 0.15) is 29.2 Å². The second kappa shape index (κ2) is 12.0. The Hall–Kier alpha value is -3.32. The van der Waals surface area contributed by atoms with Gasteiger partial charge in [0, 0.05) is 37.6 Å². The maximum atomic E-state index is 14.6. The van der Waals surface area contributed by atoms with E-state index < -0.39 is 54.9 Å². The summed E-state index contributed by atoms with van der Waals surface area (Å²) in [4.78, 5) is 25.4. The Bertz CT molecular complexity index is 1370. The number of carbonyl (C=O) groups excluding carboxylic acids is 1. The van der Waals surface area contributed by atoms with Crippen molar-refractivity contribution in [2.45, 2.75) is 54.8 Å². The largest absolute Gasteiger partial charge is 0.431 e. The van der Waals surface area contributed by atoms with Crippen LogP contribution in [0.3, 0.4) is 0 Å². The predicted octanol–water partition coefficient (Wildman–Crippen LogP) is 3.18. The van der Waals surface area contributed by atoms with Crippen molar-refractivity contribution >= 4 is 49.0 Å². The van der Waals surface area contributed by atoms with Gasteiger partial charge in [-0.25, -0.2) is 31.0 Å². The van der Waals surface area contributed by atoms with E-state index in [2.05, 4.69) is 35.1 Å². The molecule has 7 N–H and O–H groups in total. The molecule has 3 atom stereocenters. The molecule has 3 rings (SSSR count). The van der Waals surface area contributed by atoms with Gasteiger partial charge >= 0.3 is 6.18 Å². The lowest BCUT2D eigenvalue weighted by molar-refractivity contribution is -0.188. The van der Waals surface area contributed by atoms with Crippen LogP contribution in [0.25, 0.3) is 0 Å². The van der Waals surface area contributed by atoms with Crippen LogP contribution >= 0.6 is 20.7 Å². The lowest BCUT2D eigenvalue weighted by Crippen LogP contribution is -2.42. The van der Waals surface area contributed by atoms with Gasteiger partial charge in [-0.3, -0.25) is 5.01 Å². The van der Waals surface area contributed by atoms with Crippen LogP contribution in [-0.2, 0) is 10.2 Å². The zero-order valence-corrected chi connectivity index (χ0v) is 24.0. The summed E-state index contributed by atoms with van der Waals surface area (Å²) in [5.41, 5.74) is 7.77. The minimum Gasteiger partial charge on any atom is -0.424 e. The number of nitrogen functional groups attached to an aromatic ring is 2. The first-order valence-corrected chi connectivity index (χ1v) is 14.4. The van der Waals surface area contributed by atoms with Crippen molar-refractivity contribution in [3.05, 3.63) is 47.1 Å². The van der Waals surface area contributed by atoms with Crippen LogP contribution in [0.4, 0.5) is 35.0 Å². The molecule has 3 aromatic rings. The summed E-state index contributed by atoms with van der Waals surface area (Å²) in [5.74, 6) is 11.6. The molecule has 0 saturated heterocycles. The van der Waals surface area contributed by atoms with Gasteiger partial charge in [-0.05, 0) is 19.4 Å². The van der Waals surface area contributed by atoms with Gasteiger partial charge in [0.25, 0.3) is 3.68 Å². The number of hydrogen-bond acceptors (Lipinski definition) is 12. The fourth-order valence-corrected chi connectivity index (χ4v) is 5.16. The molecule has 0 aromatic carbocycles. The van der Waals surface area contributed by atoms with Gasteiger partial charge in [0.15, 0.2) is 5.82 Å². The highest BCUT2D eigenvalue weighted by Crippen LogP contribution is 2.45. The number of rotatable bonds is 12. The van der Waals surface area contributed by atoms with Crippen molar-refractivity contribution in [1.29, 1.82) is 0 Å². The third-order valence-electron chi connectivity index (χ3n) is 6.29. The number of alkyl halides is 5. The maximum absolute atomic E-state index is 14.6. The Labute approximate surface area is 236 Å². The van der Waals surface area contributed by atoms with Crippen molar-refractivity contribution in [2.75, 3.05) is 22.7 Å². The van der Waals surface area contributed by atoms with Crippen LogP contribution in [-0.4, -0.2) is 52.3 Å². The van der Waals surface area contributed by atoms with E-state index in [-0.39, 0.29) is 40.6 Å². The number of nitrogens with one attached hydrogen (secondary N) is 1. The van der Waals surface area contributed by atoms with Crippen LogP contribution in [0.1, 0.15) is 61.3 Å². The van der Waals surface area contributed by atoms with E-state index in [1.165, 1.54) is 13.1 Å². The van der Waals surface area contributed by atoms with Crippen LogP contribution in [0.2, 0.25) is 0 Å². The molecule has 12 nitrogen and oxygen atoms in total. The number of anilines is 3. The van der Waals surface area contributed by atoms with Crippen LogP contribution < -0.4 is 27.9 Å². The zero-order chi connectivity index (χ0) is 29.9. The molecule has 0 amide bonds. The summed E-state index contributed by atoms with van der Waals surface area (Å²) in [6, 6.07) is 3.25. The first kappa shape index (κ1) is 31.2. The van der Waals surface area contributed by atoms with Crippen LogP contribution in [0.15, 0.2) is 22.7 Å². The standard InChI is InChI=1S/C23H29F4IN10O2/c1-5-13(14-7-6-9-32-19(14)38(31)10-8-22(24,28-4)23(25,26)27)17-33-16(29)15(18(34-17)35-30)21(3,11-39)20-37-36-12(2)40-20/h6-7,9,11,13H,4-5,8,10,30-31H2,1-3H3,(H3,29,33,34,35)/t13?,21?,22-/m1/s1. The van der Waals surface area contributed by atoms with Gasteiger partial charge in [-0.1, -0.05) is 38.2 Å². The number of pyridine rings is 1. The fraction of sp³-hybridized carbons (Fsp3) is 0.435. The van der Waals surface area contributed by atoms with E-state index in [1.54, 1.807) is 19.1 Å². The van der Waals surface area contributed by atoms with E-state index in [0.29, 0.717) is 18.3 Å². The van der Waals surface area contributed by atoms with Gasteiger partial charge in [0.05, 0.1) is 5.56 Å². The lowest BCUT2D eigenvalue weighted by atomic mass is 9.83. The van der Waals surface area contributed by atoms with Crippen molar-refractivity contribution in [2.24, 2.45) is 11.7 Å². The second-order valence-corrected chi connectivity index (χ2v) is 11.4. The summed E-state index contributed by atoms with van der Waals surface area (Å²) < 4.78 is 59.6. The number of carbonyl (C=O) groups is 1. The molecule has 218 valence electrons. The number of halogens is 5. The zero-order valence-electron chi connectivity index (χ0n) is 21.8. The molecule has 40 heavy (non-hydrogen) atoms. The monoisotopic (exact) mass is 680 g/mol. The van der Waals surface area contributed by atoms with E-state index >= 15 is 0 Å².